The van der Waals surface area contributed by atoms with Gasteiger partial charge in [0.1, 0.15) is 24.1 Å². The van der Waals surface area contributed by atoms with Gasteiger partial charge in [-0.1, -0.05) is 36.4 Å². The molecule has 0 unspecified atom stereocenters. The highest BCUT2D eigenvalue weighted by Crippen LogP contribution is 2.47. The van der Waals surface area contributed by atoms with E-state index in [9.17, 15) is 9.65 Å². The molecule has 35 heavy (non-hydrogen) atoms. The van der Waals surface area contributed by atoms with Crippen molar-refractivity contribution in [2.45, 2.75) is 12.5 Å². The monoisotopic (exact) mass is 468 g/mol. The minimum absolute atomic E-state index is 0.0227. The number of halogens is 1. The minimum atomic E-state index is -0.584. The number of allylic oxidation sites excluding steroid dienone is 1. The molecule has 174 valence electrons. The van der Waals surface area contributed by atoms with Gasteiger partial charge in [0.25, 0.3) is 0 Å². The zero-order chi connectivity index (χ0) is 24.4. The molecule has 1 aliphatic rings. The molecule has 0 amide bonds. The van der Waals surface area contributed by atoms with Crippen LogP contribution in [0, 0.1) is 17.1 Å². The summed E-state index contributed by atoms with van der Waals surface area (Å²) in [5, 5.41) is 17.1. The van der Waals surface area contributed by atoms with Crippen LogP contribution < -0.4 is 19.9 Å². The Labute approximate surface area is 201 Å². The smallest absolute Gasteiger partial charge is 0.244 e. The summed E-state index contributed by atoms with van der Waals surface area (Å²) >= 11 is 0. The van der Waals surface area contributed by atoms with Gasteiger partial charge in [-0.15, -0.1) is 5.10 Å². The molecule has 0 saturated carbocycles. The number of hydrogen-bond donors (Lipinski definition) is 2. The highest BCUT2D eigenvalue weighted by molar-refractivity contribution is 5.71. The molecule has 1 aromatic heterocycles. The summed E-state index contributed by atoms with van der Waals surface area (Å²) in [4.78, 5) is 0. The standard InChI is InChI=1S/C27H21FN4O3/c1-33-22-13-18(9-12-21(22)34-15-16-5-3-2-4-6-16)23-20(14-29)26(30)35-27-24(23)25(31-32-27)17-7-10-19(28)11-8-17/h2-13,23H,15,30H2,1H3,(H,31,32)/t23-/m0/s1. The van der Waals surface area contributed by atoms with Crippen molar-refractivity contribution in [3.8, 4) is 34.7 Å². The third-order valence-electron chi connectivity index (χ3n) is 5.83. The number of fused-ring (bicyclic) bond motifs is 1. The van der Waals surface area contributed by atoms with Gasteiger partial charge in [0.05, 0.1) is 24.3 Å². The first kappa shape index (κ1) is 22.0. The van der Waals surface area contributed by atoms with E-state index >= 15 is 0 Å². The first-order chi connectivity index (χ1) is 17.1. The van der Waals surface area contributed by atoms with Crippen molar-refractivity contribution in [1.29, 1.82) is 5.26 Å². The van der Waals surface area contributed by atoms with E-state index in [4.69, 9.17) is 19.9 Å². The van der Waals surface area contributed by atoms with Crippen LogP contribution in [-0.4, -0.2) is 17.3 Å². The van der Waals surface area contributed by atoms with Gasteiger partial charge in [-0.2, -0.15) is 5.26 Å². The second-order valence-corrected chi connectivity index (χ2v) is 7.93. The average Bonchev–Trinajstić information content (AvgIpc) is 3.30. The number of nitriles is 1. The molecule has 4 aromatic rings. The summed E-state index contributed by atoms with van der Waals surface area (Å²) in [7, 11) is 1.56. The molecular weight excluding hydrogens is 447 g/mol. The molecule has 0 aliphatic carbocycles. The Morgan fingerprint density at radius 1 is 1.09 bits per heavy atom. The molecule has 0 saturated heterocycles. The summed E-state index contributed by atoms with van der Waals surface area (Å²) in [5.41, 5.74) is 10.0. The number of aromatic amines is 1. The zero-order valence-corrected chi connectivity index (χ0v) is 18.8. The first-order valence-electron chi connectivity index (χ1n) is 10.9. The van der Waals surface area contributed by atoms with Crippen LogP contribution in [-0.2, 0) is 6.61 Å². The molecule has 0 radical (unpaired) electrons. The zero-order valence-electron chi connectivity index (χ0n) is 18.8. The lowest BCUT2D eigenvalue weighted by Crippen LogP contribution is -2.21. The fraction of sp³-hybridized carbons (Fsp3) is 0.111. The van der Waals surface area contributed by atoms with Crippen LogP contribution in [0.4, 0.5) is 4.39 Å². The van der Waals surface area contributed by atoms with Gasteiger partial charge in [-0.25, -0.2) is 4.39 Å². The number of methoxy groups -OCH3 is 1. The highest BCUT2D eigenvalue weighted by atomic mass is 19.1. The third kappa shape index (κ3) is 4.15. The van der Waals surface area contributed by atoms with E-state index in [-0.39, 0.29) is 23.2 Å². The summed E-state index contributed by atoms with van der Waals surface area (Å²) in [5.74, 6) is 0.370. The molecule has 2 heterocycles. The number of hydrogen-bond acceptors (Lipinski definition) is 6. The molecule has 0 bridgehead atoms. The lowest BCUT2D eigenvalue weighted by atomic mass is 9.83. The van der Waals surface area contributed by atoms with E-state index in [2.05, 4.69) is 16.3 Å². The van der Waals surface area contributed by atoms with Crippen LogP contribution in [0.3, 0.4) is 0 Å². The second-order valence-electron chi connectivity index (χ2n) is 7.93. The van der Waals surface area contributed by atoms with Crippen LogP contribution in [0.5, 0.6) is 17.4 Å². The number of nitrogens with zero attached hydrogens (tertiary/aromatic N) is 2. The van der Waals surface area contributed by atoms with Gasteiger partial charge < -0.3 is 19.9 Å². The number of benzene rings is 3. The van der Waals surface area contributed by atoms with Gasteiger partial charge in [0.2, 0.25) is 11.8 Å². The molecule has 1 aliphatic heterocycles. The second kappa shape index (κ2) is 9.23. The van der Waals surface area contributed by atoms with Crippen molar-refractivity contribution in [2.75, 3.05) is 7.11 Å². The Hall–Kier alpha value is -4.77. The quantitative estimate of drug-likeness (QED) is 0.412. The Bertz CT molecular complexity index is 1440. The van der Waals surface area contributed by atoms with Crippen molar-refractivity contribution in [1.82, 2.24) is 10.2 Å². The summed E-state index contributed by atoms with van der Waals surface area (Å²) in [6, 6.07) is 23.4. The number of ether oxygens (including phenoxy) is 3. The molecule has 1 atom stereocenters. The summed E-state index contributed by atoms with van der Waals surface area (Å²) in [6.45, 7) is 0.380. The van der Waals surface area contributed by atoms with E-state index in [0.29, 0.717) is 34.9 Å². The number of rotatable bonds is 6. The molecule has 3 aromatic carbocycles. The van der Waals surface area contributed by atoms with Gasteiger partial charge in [-0.3, -0.25) is 5.10 Å². The van der Waals surface area contributed by atoms with Gasteiger partial charge in [0.15, 0.2) is 11.5 Å². The molecule has 7 nitrogen and oxygen atoms in total. The maximum absolute atomic E-state index is 13.5. The molecule has 0 fully saturated rings. The van der Waals surface area contributed by atoms with Gasteiger partial charge >= 0.3 is 0 Å². The van der Waals surface area contributed by atoms with Crippen molar-refractivity contribution < 1.29 is 18.6 Å². The lowest BCUT2D eigenvalue weighted by Gasteiger charge is -2.25. The molecule has 3 N–H and O–H groups in total. The van der Waals surface area contributed by atoms with Crippen molar-refractivity contribution in [3.05, 3.63) is 107 Å². The van der Waals surface area contributed by atoms with Gasteiger partial charge in [0, 0.05) is 5.56 Å². The Kier molecular flexibility index (Phi) is 5.81. The molecular formula is C27H21FN4O3. The predicted molar refractivity (Wildman–Crippen MR) is 127 cm³/mol. The van der Waals surface area contributed by atoms with E-state index in [1.165, 1.54) is 12.1 Å². The average molecular weight is 468 g/mol. The molecule has 8 heteroatoms. The largest absolute Gasteiger partial charge is 0.493 e. The van der Waals surface area contributed by atoms with E-state index in [1.807, 2.05) is 42.5 Å². The Morgan fingerprint density at radius 3 is 2.57 bits per heavy atom. The molecule has 5 rings (SSSR count). The van der Waals surface area contributed by atoms with Crippen molar-refractivity contribution >= 4 is 0 Å². The van der Waals surface area contributed by atoms with E-state index in [0.717, 1.165) is 11.1 Å². The third-order valence-corrected chi connectivity index (χ3v) is 5.83. The highest BCUT2D eigenvalue weighted by Gasteiger charge is 2.36. The fourth-order valence-corrected chi connectivity index (χ4v) is 4.13. The van der Waals surface area contributed by atoms with Crippen LogP contribution in [0.1, 0.15) is 22.6 Å². The minimum Gasteiger partial charge on any atom is -0.493 e. The predicted octanol–water partition coefficient (Wildman–Crippen LogP) is 5.02. The van der Waals surface area contributed by atoms with Gasteiger partial charge in [-0.05, 0) is 47.5 Å². The van der Waals surface area contributed by atoms with E-state index < -0.39 is 5.92 Å². The van der Waals surface area contributed by atoms with Crippen LogP contribution in [0.15, 0.2) is 84.3 Å². The van der Waals surface area contributed by atoms with Crippen molar-refractivity contribution in [2.24, 2.45) is 5.73 Å². The fourth-order valence-electron chi connectivity index (χ4n) is 4.13. The number of H-pyrrole nitrogens is 1. The van der Waals surface area contributed by atoms with Crippen LogP contribution >= 0.6 is 0 Å². The summed E-state index contributed by atoms with van der Waals surface area (Å²) in [6.07, 6.45) is 0. The molecule has 0 spiro atoms. The first-order valence-corrected chi connectivity index (χ1v) is 10.9. The van der Waals surface area contributed by atoms with Crippen molar-refractivity contribution in [3.63, 3.8) is 0 Å². The Morgan fingerprint density at radius 2 is 1.86 bits per heavy atom. The number of nitrogens with one attached hydrogen (secondary N) is 1. The summed E-state index contributed by atoms with van der Waals surface area (Å²) < 4.78 is 30.8. The van der Waals surface area contributed by atoms with E-state index in [1.54, 1.807) is 25.3 Å². The number of aromatic nitrogens is 2. The topological polar surface area (TPSA) is 106 Å². The SMILES string of the molecule is COc1cc([C@H]2C(C#N)=C(N)Oc3n[nH]c(-c4ccc(F)cc4)c32)ccc1OCc1ccccc1. The number of nitrogens with two attached hydrogens (primary N) is 1. The van der Waals surface area contributed by atoms with Crippen LogP contribution in [0.25, 0.3) is 11.3 Å². The maximum atomic E-state index is 13.5. The maximum Gasteiger partial charge on any atom is 0.244 e. The Balaban J connectivity index is 1.56. The van der Waals surface area contributed by atoms with Crippen LogP contribution in [0.2, 0.25) is 0 Å². The lowest BCUT2D eigenvalue weighted by molar-refractivity contribution is 0.284. The normalized spacial score (nSPS) is 14.6.